The van der Waals surface area contributed by atoms with Gasteiger partial charge in [-0.3, -0.25) is 0 Å². The van der Waals surface area contributed by atoms with Gasteiger partial charge in [-0.2, -0.15) is 5.26 Å². The van der Waals surface area contributed by atoms with Crippen LogP contribution >= 0.6 is 0 Å². The Balaban J connectivity index is 2.17. The third kappa shape index (κ3) is 3.66. The van der Waals surface area contributed by atoms with Gasteiger partial charge in [0.2, 0.25) is 0 Å². The smallest absolute Gasteiger partial charge is 0.138 e. The molecule has 0 aromatic heterocycles. The molecule has 0 aliphatic rings. The van der Waals surface area contributed by atoms with Gasteiger partial charge in [-0.25, -0.2) is 0 Å². The van der Waals surface area contributed by atoms with Crippen LogP contribution in [0.25, 0.3) is 0 Å². The third-order valence-corrected chi connectivity index (χ3v) is 5.13. The van der Waals surface area contributed by atoms with E-state index in [2.05, 4.69) is 11.4 Å². The molecule has 0 fully saturated rings. The lowest BCUT2D eigenvalue weighted by molar-refractivity contribution is 0.470. The molecule has 136 valence electrons. The average molecular weight is 356 g/mol. The Kier molecular flexibility index (Phi) is 5.19. The van der Waals surface area contributed by atoms with Gasteiger partial charge in [0.25, 0.3) is 0 Å². The quantitative estimate of drug-likeness (QED) is 0.581. The second kappa shape index (κ2) is 7.55. The van der Waals surface area contributed by atoms with E-state index in [1.54, 1.807) is 6.07 Å². The predicted octanol–water partition coefficient (Wildman–Crippen LogP) is 5.64. The molecule has 0 saturated carbocycles. The van der Waals surface area contributed by atoms with Crippen LogP contribution in [0.4, 0.5) is 5.69 Å². The maximum absolute atomic E-state index is 10.4. The number of phenols is 1. The fraction of sp³-hybridized carbons (Fsp3) is 0.208. The molecule has 0 radical (unpaired) electrons. The first-order valence-electron chi connectivity index (χ1n) is 9.04. The van der Waals surface area contributed by atoms with Crippen molar-refractivity contribution in [2.45, 2.75) is 32.2 Å². The lowest BCUT2D eigenvalue weighted by atomic mass is 9.73. The monoisotopic (exact) mass is 356 g/mol. The molecule has 3 heteroatoms. The molecule has 3 rings (SSSR count). The first-order valence-corrected chi connectivity index (χ1v) is 9.04. The summed E-state index contributed by atoms with van der Waals surface area (Å²) in [5, 5.41) is 24.0. The van der Waals surface area contributed by atoms with Crippen LogP contribution in [0.1, 0.15) is 35.2 Å². The highest BCUT2D eigenvalue weighted by atomic mass is 16.3. The molecule has 0 saturated heterocycles. The lowest BCUT2D eigenvalue weighted by Gasteiger charge is -2.35. The summed E-state index contributed by atoms with van der Waals surface area (Å²) in [7, 11) is 0. The lowest BCUT2D eigenvalue weighted by Crippen LogP contribution is -2.34. The van der Waals surface area contributed by atoms with Gasteiger partial charge in [-0.05, 0) is 55.2 Å². The van der Waals surface area contributed by atoms with Crippen molar-refractivity contribution in [3.8, 4) is 11.8 Å². The van der Waals surface area contributed by atoms with Crippen LogP contribution in [0, 0.1) is 25.2 Å². The number of nitriles is 1. The van der Waals surface area contributed by atoms with E-state index in [-0.39, 0.29) is 11.8 Å². The first-order chi connectivity index (χ1) is 13.0. The summed E-state index contributed by atoms with van der Waals surface area (Å²) in [6, 6.07) is 25.5. The van der Waals surface area contributed by atoms with E-state index in [9.17, 15) is 10.4 Å². The molecule has 0 aliphatic heterocycles. The van der Waals surface area contributed by atoms with Crippen LogP contribution in [-0.4, -0.2) is 5.11 Å². The highest BCUT2D eigenvalue weighted by Gasteiger charge is 2.38. The van der Waals surface area contributed by atoms with Crippen LogP contribution in [0.3, 0.4) is 0 Å². The number of nitrogens with one attached hydrogen (secondary N) is 1. The highest BCUT2D eigenvalue weighted by molar-refractivity contribution is 5.60. The number of rotatable bonds is 5. The number of nitrogens with zero attached hydrogens (tertiary/aromatic N) is 1. The van der Waals surface area contributed by atoms with Gasteiger partial charge in [-0.15, -0.1) is 0 Å². The van der Waals surface area contributed by atoms with Gasteiger partial charge in [0.1, 0.15) is 11.2 Å². The van der Waals surface area contributed by atoms with Gasteiger partial charge < -0.3 is 10.4 Å². The zero-order valence-corrected chi connectivity index (χ0v) is 15.9. The molecule has 3 aromatic rings. The second-order valence-electron chi connectivity index (χ2n) is 7.13. The standard InChI is InChI=1S/C24H24N2O/c1-17-13-14-22(27)21(15-17)26-23(20-12-8-7-9-18(20)2)24(3,16-25)19-10-5-4-6-11-19/h4-15,23,26-27H,1-3H3/t23-,24+/m1/s1. The van der Waals surface area contributed by atoms with Crippen molar-refractivity contribution in [1.82, 2.24) is 0 Å². The summed E-state index contributed by atoms with van der Waals surface area (Å²) < 4.78 is 0. The Morgan fingerprint density at radius 2 is 1.63 bits per heavy atom. The summed E-state index contributed by atoms with van der Waals surface area (Å²) in [6.45, 7) is 5.97. The Morgan fingerprint density at radius 1 is 0.963 bits per heavy atom. The third-order valence-electron chi connectivity index (χ3n) is 5.13. The number of benzene rings is 3. The number of hydrogen-bond donors (Lipinski definition) is 2. The van der Waals surface area contributed by atoms with Crippen LogP contribution in [0.15, 0.2) is 72.8 Å². The largest absolute Gasteiger partial charge is 0.506 e. The summed E-state index contributed by atoms with van der Waals surface area (Å²) >= 11 is 0. The van der Waals surface area contributed by atoms with E-state index < -0.39 is 5.41 Å². The fourth-order valence-corrected chi connectivity index (χ4v) is 3.44. The van der Waals surface area contributed by atoms with Gasteiger partial charge in [-0.1, -0.05) is 60.7 Å². The Morgan fingerprint density at radius 3 is 2.30 bits per heavy atom. The minimum atomic E-state index is -0.830. The van der Waals surface area contributed by atoms with Crippen LogP contribution in [0.2, 0.25) is 0 Å². The highest BCUT2D eigenvalue weighted by Crippen LogP contribution is 2.41. The first kappa shape index (κ1) is 18.5. The van der Waals surface area contributed by atoms with Crippen molar-refractivity contribution in [2.24, 2.45) is 0 Å². The fourth-order valence-electron chi connectivity index (χ4n) is 3.44. The Hall–Kier alpha value is -3.25. The molecule has 0 spiro atoms. The molecule has 0 heterocycles. The summed E-state index contributed by atoms with van der Waals surface area (Å²) in [5.41, 5.74) is 3.90. The van der Waals surface area contributed by atoms with Crippen molar-refractivity contribution in [2.75, 3.05) is 5.32 Å². The van der Waals surface area contributed by atoms with Gasteiger partial charge >= 0.3 is 0 Å². The molecule has 27 heavy (non-hydrogen) atoms. The van der Waals surface area contributed by atoms with Crippen molar-refractivity contribution in [1.29, 1.82) is 5.26 Å². The van der Waals surface area contributed by atoms with E-state index in [4.69, 9.17) is 0 Å². The molecule has 3 nitrogen and oxygen atoms in total. The molecule has 0 amide bonds. The van der Waals surface area contributed by atoms with E-state index in [0.29, 0.717) is 5.69 Å². The summed E-state index contributed by atoms with van der Waals surface area (Å²) in [4.78, 5) is 0. The molecule has 0 bridgehead atoms. The normalized spacial score (nSPS) is 14.0. The predicted molar refractivity (Wildman–Crippen MR) is 110 cm³/mol. The molecule has 3 aromatic carbocycles. The molecule has 0 aliphatic carbocycles. The maximum atomic E-state index is 10.4. The Bertz CT molecular complexity index is 975. The van der Waals surface area contributed by atoms with Crippen molar-refractivity contribution >= 4 is 5.69 Å². The molecular formula is C24H24N2O. The minimum absolute atomic E-state index is 0.174. The zero-order chi connectivity index (χ0) is 19.4. The molecular weight excluding hydrogens is 332 g/mol. The van der Waals surface area contributed by atoms with Crippen molar-refractivity contribution < 1.29 is 5.11 Å². The summed E-state index contributed by atoms with van der Waals surface area (Å²) in [6.07, 6.45) is 0. The Labute approximate surface area is 160 Å². The second-order valence-corrected chi connectivity index (χ2v) is 7.13. The number of hydrogen-bond acceptors (Lipinski definition) is 3. The van der Waals surface area contributed by atoms with Crippen molar-refractivity contribution in [3.05, 3.63) is 95.1 Å². The number of anilines is 1. The van der Waals surface area contributed by atoms with Gasteiger partial charge in [0.05, 0.1) is 17.8 Å². The number of aromatic hydroxyl groups is 1. The number of aryl methyl sites for hydroxylation is 2. The molecule has 2 N–H and O–H groups in total. The molecule has 0 unspecified atom stereocenters. The van der Waals surface area contributed by atoms with Gasteiger partial charge in [0.15, 0.2) is 0 Å². The number of phenolic OH excluding ortho intramolecular Hbond substituents is 1. The maximum Gasteiger partial charge on any atom is 0.138 e. The summed E-state index contributed by atoms with van der Waals surface area (Å²) in [5.74, 6) is 0.174. The topological polar surface area (TPSA) is 56.0 Å². The van der Waals surface area contributed by atoms with E-state index >= 15 is 0 Å². The minimum Gasteiger partial charge on any atom is -0.506 e. The zero-order valence-electron chi connectivity index (χ0n) is 15.9. The molecule has 2 atom stereocenters. The van der Waals surface area contributed by atoms with Crippen LogP contribution in [0.5, 0.6) is 5.75 Å². The van der Waals surface area contributed by atoms with Gasteiger partial charge in [0, 0.05) is 0 Å². The SMILES string of the molecule is Cc1ccc(O)c(N[C@H](c2ccccc2C)[C@@](C)(C#N)c2ccccc2)c1. The van der Waals surface area contributed by atoms with Crippen LogP contribution in [-0.2, 0) is 5.41 Å². The van der Waals surface area contributed by atoms with Crippen molar-refractivity contribution in [3.63, 3.8) is 0 Å². The van der Waals surface area contributed by atoms with E-state index in [1.807, 2.05) is 87.5 Å². The van der Waals surface area contributed by atoms with E-state index in [0.717, 1.165) is 22.3 Å². The average Bonchev–Trinajstić information content (AvgIpc) is 2.69. The van der Waals surface area contributed by atoms with Crippen LogP contribution < -0.4 is 5.32 Å². The van der Waals surface area contributed by atoms with E-state index in [1.165, 1.54) is 0 Å².